The highest BCUT2D eigenvalue weighted by Gasteiger charge is 2.16. The number of nitrogens with zero attached hydrogens (tertiary/aromatic N) is 2. The van der Waals surface area contributed by atoms with Gasteiger partial charge in [-0.3, -0.25) is 0 Å². The first kappa shape index (κ1) is 14.8. The second kappa shape index (κ2) is 6.71. The van der Waals surface area contributed by atoms with E-state index in [1.165, 1.54) is 17.0 Å². The number of rotatable bonds is 6. The van der Waals surface area contributed by atoms with Gasteiger partial charge in [0.2, 0.25) is 0 Å². The van der Waals surface area contributed by atoms with Crippen molar-refractivity contribution in [2.75, 3.05) is 0 Å². The molecule has 2 aromatic rings. The van der Waals surface area contributed by atoms with E-state index in [1.54, 1.807) is 0 Å². The lowest BCUT2D eigenvalue weighted by Gasteiger charge is -2.11. The zero-order chi connectivity index (χ0) is 14.5. The number of para-hydroxylation sites is 1. The van der Waals surface area contributed by atoms with Crippen LogP contribution < -0.4 is 5.32 Å². The highest BCUT2D eigenvalue weighted by Crippen LogP contribution is 2.20. The third kappa shape index (κ3) is 3.10. The van der Waals surface area contributed by atoms with Crippen molar-refractivity contribution in [3.8, 4) is 5.69 Å². The van der Waals surface area contributed by atoms with Gasteiger partial charge in [0, 0.05) is 23.8 Å². The fraction of sp³-hybridized carbons (Fsp3) is 0.471. The number of benzene rings is 1. The standard InChI is InChI=1S/C17H25N3/c1-5-16-15(12-18-13(3)4)17(6-2)20(19-16)14-10-8-7-9-11-14/h7-11,13,18H,5-6,12H2,1-4H3. The number of nitrogens with one attached hydrogen (secondary N) is 1. The zero-order valence-corrected chi connectivity index (χ0v) is 13.0. The normalized spacial score (nSPS) is 11.2. The van der Waals surface area contributed by atoms with Crippen molar-refractivity contribution < 1.29 is 0 Å². The quantitative estimate of drug-likeness (QED) is 0.871. The zero-order valence-electron chi connectivity index (χ0n) is 13.0. The molecule has 0 amide bonds. The van der Waals surface area contributed by atoms with Gasteiger partial charge in [0.25, 0.3) is 0 Å². The van der Waals surface area contributed by atoms with Crippen LogP contribution in [0.2, 0.25) is 0 Å². The van der Waals surface area contributed by atoms with Crippen LogP contribution in [0.3, 0.4) is 0 Å². The second-order valence-corrected chi connectivity index (χ2v) is 5.36. The van der Waals surface area contributed by atoms with Crippen LogP contribution in [-0.4, -0.2) is 15.8 Å². The number of hydrogen-bond donors (Lipinski definition) is 1. The van der Waals surface area contributed by atoms with Crippen molar-refractivity contribution >= 4 is 0 Å². The van der Waals surface area contributed by atoms with E-state index in [1.807, 2.05) is 6.07 Å². The Morgan fingerprint density at radius 3 is 2.35 bits per heavy atom. The summed E-state index contributed by atoms with van der Waals surface area (Å²) >= 11 is 0. The monoisotopic (exact) mass is 271 g/mol. The molecule has 108 valence electrons. The van der Waals surface area contributed by atoms with E-state index in [2.05, 4.69) is 62.0 Å². The van der Waals surface area contributed by atoms with Gasteiger partial charge >= 0.3 is 0 Å². The summed E-state index contributed by atoms with van der Waals surface area (Å²) in [6, 6.07) is 10.9. The van der Waals surface area contributed by atoms with E-state index in [0.29, 0.717) is 6.04 Å². The molecule has 0 bridgehead atoms. The lowest BCUT2D eigenvalue weighted by atomic mass is 10.1. The number of hydrogen-bond acceptors (Lipinski definition) is 2. The van der Waals surface area contributed by atoms with E-state index in [-0.39, 0.29) is 0 Å². The Hall–Kier alpha value is -1.61. The molecule has 3 heteroatoms. The van der Waals surface area contributed by atoms with Crippen LogP contribution in [0.1, 0.15) is 44.6 Å². The van der Waals surface area contributed by atoms with E-state index >= 15 is 0 Å². The summed E-state index contributed by atoms with van der Waals surface area (Å²) in [6.45, 7) is 9.64. The molecule has 0 aliphatic rings. The minimum absolute atomic E-state index is 0.490. The SMILES string of the molecule is CCc1nn(-c2ccccc2)c(CC)c1CNC(C)C. The van der Waals surface area contributed by atoms with Crippen molar-refractivity contribution in [3.05, 3.63) is 47.3 Å². The predicted molar refractivity (Wildman–Crippen MR) is 84.3 cm³/mol. The molecule has 0 aliphatic carbocycles. The summed E-state index contributed by atoms with van der Waals surface area (Å²) in [4.78, 5) is 0. The molecule has 0 aliphatic heterocycles. The average Bonchev–Trinajstić information content (AvgIpc) is 2.83. The van der Waals surface area contributed by atoms with Crippen molar-refractivity contribution in [3.63, 3.8) is 0 Å². The lowest BCUT2D eigenvalue weighted by molar-refractivity contribution is 0.584. The van der Waals surface area contributed by atoms with Gasteiger partial charge in [-0.2, -0.15) is 5.10 Å². The van der Waals surface area contributed by atoms with Gasteiger partial charge in [0.15, 0.2) is 0 Å². The molecule has 1 aromatic carbocycles. The summed E-state index contributed by atoms with van der Waals surface area (Å²) in [7, 11) is 0. The van der Waals surface area contributed by atoms with Gasteiger partial charge < -0.3 is 5.32 Å². The van der Waals surface area contributed by atoms with E-state index in [0.717, 1.165) is 25.1 Å². The van der Waals surface area contributed by atoms with Crippen LogP contribution in [-0.2, 0) is 19.4 Å². The highest BCUT2D eigenvalue weighted by atomic mass is 15.3. The largest absolute Gasteiger partial charge is 0.310 e. The first-order valence-electron chi connectivity index (χ1n) is 7.55. The topological polar surface area (TPSA) is 29.9 Å². The summed E-state index contributed by atoms with van der Waals surface area (Å²) < 4.78 is 2.11. The molecule has 0 saturated heterocycles. The van der Waals surface area contributed by atoms with Crippen molar-refractivity contribution in [2.45, 2.75) is 53.1 Å². The lowest BCUT2D eigenvalue weighted by Crippen LogP contribution is -2.23. The molecule has 0 unspecified atom stereocenters. The number of aromatic nitrogens is 2. The predicted octanol–water partition coefficient (Wildman–Crippen LogP) is 3.50. The average molecular weight is 271 g/mol. The van der Waals surface area contributed by atoms with Crippen LogP contribution in [0.25, 0.3) is 5.69 Å². The highest BCUT2D eigenvalue weighted by molar-refractivity contribution is 5.38. The Kier molecular flexibility index (Phi) is 4.96. The molecular weight excluding hydrogens is 246 g/mol. The molecule has 0 fully saturated rings. The molecule has 0 radical (unpaired) electrons. The van der Waals surface area contributed by atoms with Gasteiger partial charge in [0.1, 0.15) is 0 Å². The Morgan fingerprint density at radius 1 is 1.10 bits per heavy atom. The summed E-state index contributed by atoms with van der Waals surface area (Å²) in [5, 5.41) is 8.35. The van der Waals surface area contributed by atoms with Crippen LogP contribution in [0.15, 0.2) is 30.3 Å². The molecule has 3 nitrogen and oxygen atoms in total. The maximum Gasteiger partial charge on any atom is 0.0674 e. The summed E-state index contributed by atoms with van der Waals surface area (Å²) in [6.07, 6.45) is 1.97. The van der Waals surface area contributed by atoms with Gasteiger partial charge in [-0.15, -0.1) is 0 Å². The smallest absolute Gasteiger partial charge is 0.0674 e. The van der Waals surface area contributed by atoms with Crippen molar-refractivity contribution in [1.29, 1.82) is 0 Å². The molecule has 1 N–H and O–H groups in total. The summed E-state index contributed by atoms with van der Waals surface area (Å²) in [5.41, 5.74) is 5.04. The van der Waals surface area contributed by atoms with Crippen LogP contribution in [0, 0.1) is 0 Å². The minimum Gasteiger partial charge on any atom is -0.310 e. The third-order valence-electron chi connectivity index (χ3n) is 3.53. The van der Waals surface area contributed by atoms with Crippen LogP contribution >= 0.6 is 0 Å². The van der Waals surface area contributed by atoms with E-state index in [9.17, 15) is 0 Å². The summed E-state index contributed by atoms with van der Waals surface area (Å²) in [5.74, 6) is 0. The molecule has 0 atom stereocenters. The van der Waals surface area contributed by atoms with Gasteiger partial charge in [-0.25, -0.2) is 4.68 Å². The first-order chi connectivity index (χ1) is 9.67. The fourth-order valence-electron chi connectivity index (χ4n) is 2.48. The molecule has 0 saturated carbocycles. The van der Waals surface area contributed by atoms with E-state index in [4.69, 9.17) is 5.10 Å². The van der Waals surface area contributed by atoms with Gasteiger partial charge in [-0.1, -0.05) is 45.9 Å². The van der Waals surface area contributed by atoms with Gasteiger partial charge in [0.05, 0.1) is 11.4 Å². The molecular formula is C17H25N3. The van der Waals surface area contributed by atoms with Crippen molar-refractivity contribution in [2.24, 2.45) is 0 Å². The Balaban J connectivity index is 2.43. The molecule has 2 rings (SSSR count). The first-order valence-corrected chi connectivity index (χ1v) is 7.55. The van der Waals surface area contributed by atoms with Crippen molar-refractivity contribution in [1.82, 2.24) is 15.1 Å². The third-order valence-corrected chi connectivity index (χ3v) is 3.53. The Bertz CT molecular complexity index is 541. The molecule has 1 aromatic heterocycles. The Morgan fingerprint density at radius 2 is 1.80 bits per heavy atom. The second-order valence-electron chi connectivity index (χ2n) is 5.36. The molecule has 1 heterocycles. The molecule has 20 heavy (non-hydrogen) atoms. The maximum absolute atomic E-state index is 4.82. The Labute approximate surface area is 122 Å². The van der Waals surface area contributed by atoms with E-state index < -0.39 is 0 Å². The molecule has 0 spiro atoms. The minimum atomic E-state index is 0.490. The van der Waals surface area contributed by atoms with Crippen LogP contribution in [0.5, 0.6) is 0 Å². The number of aryl methyl sites for hydroxylation is 1. The van der Waals surface area contributed by atoms with Gasteiger partial charge in [-0.05, 0) is 25.0 Å². The maximum atomic E-state index is 4.82. The fourth-order valence-corrected chi connectivity index (χ4v) is 2.48. The van der Waals surface area contributed by atoms with Crippen LogP contribution in [0.4, 0.5) is 0 Å².